The van der Waals surface area contributed by atoms with E-state index in [4.69, 9.17) is 16.6 Å². The standard InChI is InChI=1S/C19H12BrClN2/c20-14-7-11-16(12-8-14)23-18-4-2-1-3-17(18)22-19(23)13-5-9-15(21)10-6-13/h1-12H. The van der Waals surface area contributed by atoms with E-state index < -0.39 is 0 Å². The topological polar surface area (TPSA) is 17.8 Å². The van der Waals surface area contributed by atoms with Gasteiger partial charge in [-0.25, -0.2) is 4.98 Å². The van der Waals surface area contributed by atoms with Crippen LogP contribution in [0.25, 0.3) is 28.1 Å². The fourth-order valence-electron chi connectivity index (χ4n) is 2.67. The predicted molar refractivity (Wildman–Crippen MR) is 99.2 cm³/mol. The average molecular weight is 384 g/mol. The molecule has 0 bridgehead atoms. The molecule has 4 rings (SSSR count). The molecule has 0 radical (unpaired) electrons. The third-order valence-electron chi connectivity index (χ3n) is 3.75. The van der Waals surface area contributed by atoms with Crippen LogP contribution < -0.4 is 0 Å². The van der Waals surface area contributed by atoms with Crippen molar-refractivity contribution in [2.24, 2.45) is 0 Å². The molecule has 0 atom stereocenters. The van der Waals surface area contributed by atoms with Crippen LogP contribution in [0.5, 0.6) is 0 Å². The molecule has 4 heteroatoms. The number of para-hydroxylation sites is 2. The Labute approximate surface area is 147 Å². The van der Waals surface area contributed by atoms with E-state index in [1.165, 1.54) is 0 Å². The maximum atomic E-state index is 6.02. The van der Waals surface area contributed by atoms with Crippen LogP contribution in [0.2, 0.25) is 5.02 Å². The van der Waals surface area contributed by atoms with Crippen LogP contribution in [0, 0.1) is 0 Å². The van der Waals surface area contributed by atoms with Crippen molar-refractivity contribution in [1.82, 2.24) is 9.55 Å². The molecule has 0 saturated carbocycles. The normalized spacial score (nSPS) is 11.0. The van der Waals surface area contributed by atoms with Gasteiger partial charge < -0.3 is 0 Å². The second-order valence-corrected chi connectivity index (χ2v) is 6.59. The van der Waals surface area contributed by atoms with E-state index in [0.717, 1.165) is 37.6 Å². The summed E-state index contributed by atoms with van der Waals surface area (Å²) in [4.78, 5) is 4.82. The van der Waals surface area contributed by atoms with Crippen molar-refractivity contribution >= 4 is 38.6 Å². The molecular formula is C19H12BrClN2. The number of rotatable bonds is 2. The van der Waals surface area contributed by atoms with E-state index in [2.05, 4.69) is 38.7 Å². The predicted octanol–water partition coefficient (Wildman–Crippen LogP) is 6.11. The molecule has 0 N–H and O–H groups in total. The van der Waals surface area contributed by atoms with Crippen LogP contribution >= 0.6 is 27.5 Å². The molecule has 3 aromatic carbocycles. The lowest BCUT2D eigenvalue weighted by Crippen LogP contribution is -1.97. The zero-order valence-corrected chi connectivity index (χ0v) is 14.4. The number of hydrogen-bond acceptors (Lipinski definition) is 1. The van der Waals surface area contributed by atoms with Crippen LogP contribution in [0.3, 0.4) is 0 Å². The monoisotopic (exact) mass is 382 g/mol. The number of nitrogens with zero attached hydrogens (tertiary/aromatic N) is 2. The van der Waals surface area contributed by atoms with Gasteiger partial charge in [0.15, 0.2) is 0 Å². The minimum Gasteiger partial charge on any atom is -0.292 e. The highest BCUT2D eigenvalue weighted by Crippen LogP contribution is 2.29. The molecule has 23 heavy (non-hydrogen) atoms. The van der Waals surface area contributed by atoms with Crippen LogP contribution in [-0.2, 0) is 0 Å². The molecule has 0 saturated heterocycles. The lowest BCUT2D eigenvalue weighted by Gasteiger charge is -2.10. The Bertz CT molecular complexity index is 973. The molecule has 0 unspecified atom stereocenters. The lowest BCUT2D eigenvalue weighted by molar-refractivity contribution is 1.10. The van der Waals surface area contributed by atoms with Gasteiger partial charge in [-0.1, -0.05) is 39.7 Å². The number of aromatic nitrogens is 2. The van der Waals surface area contributed by atoms with Gasteiger partial charge in [0, 0.05) is 20.7 Å². The highest BCUT2D eigenvalue weighted by molar-refractivity contribution is 9.10. The van der Waals surface area contributed by atoms with Gasteiger partial charge in [-0.05, 0) is 60.7 Å². The number of imidazole rings is 1. The minimum atomic E-state index is 0.722. The van der Waals surface area contributed by atoms with Crippen molar-refractivity contribution < 1.29 is 0 Å². The zero-order chi connectivity index (χ0) is 15.8. The summed E-state index contributed by atoms with van der Waals surface area (Å²) < 4.78 is 3.23. The molecule has 0 amide bonds. The first-order chi connectivity index (χ1) is 11.2. The fourth-order valence-corrected chi connectivity index (χ4v) is 3.06. The van der Waals surface area contributed by atoms with Crippen molar-refractivity contribution in [3.63, 3.8) is 0 Å². The van der Waals surface area contributed by atoms with Gasteiger partial charge in [0.2, 0.25) is 0 Å². The largest absolute Gasteiger partial charge is 0.292 e. The Kier molecular flexibility index (Phi) is 3.68. The fraction of sp³-hybridized carbons (Fsp3) is 0. The van der Waals surface area contributed by atoms with Crippen LogP contribution in [0.1, 0.15) is 0 Å². The van der Waals surface area contributed by atoms with Gasteiger partial charge >= 0.3 is 0 Å². The maximum Gasteiger partial charge on any atom is 0.145 e. The third-order valence-corrected chi connectivity index (χ3v) is 4.53. The summed E-state index contributed by atoms with van der Waals surface area (Å²) in [5.41, 5.74) is 4.17. The molecular weight excluding hydrogens is 372 g/mol. The lowest BCUT2D eigenvalue weighted by atomic mass is 10.2. The van der Waals surface area contributed by atoms with Crippen molar-refractivity contribution in [3.8, 4) is 17.1 Å². The molecule has 0 spiro atoms. The second kappa shape index (κ2) is 5.84. The number of halogens is 2. The molecule has 0 aliphatic heterocycles. The van der Waals surface area contributed by atoms with E-state index in [-0.39, 0.29) is 0 Å². The molecule has 1 aromatic heterocycles. The smallest absolute Gasteiger partial charge is 0.145 e. The van der Waals surface area contributed by atoms with Crippen molar-refractivity contribution in [3.05, 3.63) is 82.3 Å². The first kappa shape index (κ1) is 14.5. The average Bonchev–Trinajstić information content (AvgIpc) is 2.96. The van der Waals surface area contributed by atoms with Crippen molar-refractivity contribution in [2.75, 3.05) is 0 Å². The van der Waals surface area contributed by atoms with Crippen LogP contribution in [0.15, 0.2) is 77.3 Å². The number of hydrogen-bond donors (Lipinski definition) is 0. The van der Waals surface area contributed by atoms with E-state index in [9.17, 15) is 0 Å². The summed E-state index contributed by atoms with van der Waals surface area (Å²) in [7, 11) is 0. The first-order valence-corrected chi connectivity index (χ1v) is 8.39. The van der Waals surface area contributed by atoms with E-state index in [1.54, 1.807) is 0 Å². The van der Waals surface area contributed by atoms with E-state index in [1.807, 2.05) is 54.6 Å². The van der Waals surface area contributed by atoms with E-state index >= 15 is 0 Å². The molecule has 2 nitrogen and oxygen atoms in total. The third kappa shape index (κ3) is 2.67. The molecule has 4 aromatic rings. The molecule has 1 heterocycles. The van der Waals surface area contributed by atoms with Gasteiger partial charge in [-0.15, -0.1) is 0 Å². The highest BCUT2D eigenvalue weighted by atomic mass is 79.9. The quantitative estimate of drug-likeness (QED) is 0.408. The summed E-state index contributed by atoms with van der Waals surface area (Å²) in [6.45, 7) is 0. The van der Waals surface area contributed by atoms with Gasteiger partial charge in [0.25, 0.3) is 0 Å². The van der Waals surface area contributed by atoms with Crippen LogP contribution in [0.4, 0.5) is 0 Å². The van der Waals surface area contributed by atoms with Gasteiger partial charge in [0.05, 0.1) is 11.0 Å². The second-order valence-electron chi connectivity index (χ2n) is 5.24. The van der Waals surface area contributed by atoms with Gasteiger partial charge in [-0.3, -0.25) is 4.57 Å². The summed E-state index contributed by atoms with van der Waals surface area (Å²) >= 11 is 9.51. The molecule has 112 valence electrons. The summed E-state index contributed by atoms with van der Waals surface area (Å²) in [6, 6.07) is 24.2. The van der Waals surface area contributed by atoms with Gasteiger partial charge in [-0.2, -0.15) is 0 Å². The SMILES string of the molecule is Clc1ccc(-c2nc3ccccc3n2-c2ccc(Br)cc2)cc1. The Balaban J connectivity index is 2.01. The minimum absolute atomic E-state index is 0.722. The number of benzene rings is 3. The van der Waals surface area contributed by atoms with Crippen molar-refractivity contribution in [1.29, 1.82) is 0 Å². The Morgan fingerprint density at radius 1 is 0.826 bits per heavy atom. The number of fused-ring (bicyclic) bond motifs is 1. The maximum absolute atomic E-state index is 6.02. The Morgan fingerprint density at radius 2 is 1.52 bits per heavy atom. The zero-order valence-electron chi connectivity index (χ0n) is 12.1. The molecule has 0 fully saturated rings. The summed E-state index contributed by atoms with van der Waals surface area (Å²) in [5, 5.41) is 0.722. The Hall–Kier alpha value is -2.10. The Morgan fingerprint density at radius 3 is 2.26 bits per heavy atom. The molecule has 0 aliphatic rings. The molecule has 0 aliphatic carbocycles. The van der Waals surface area contributed by atoms with Crippen molar-refractivity contribution in [2.45, 2.75) is 0 Å². The summed E-state index contributed by atoms with van der Waals surface area (Å²) in [5.74, 6) is 0.908. The summed E-state index contributed by atoms with van der Waals surface area (Å²) in [6.07, 6.45) is 0. The van der Waals surface area contributed by atoms with Crippen LogP contribution in [-0.4, -0.2) is 9.55 Å². The van der Waals surface area contributed by atoms with Gasteiger partial charge in [0.1, 0.15) is 5.82 Å². The first-order valence-electron chi connectivity index (χ1n) is 7.22. The van der Waals surface area contributed by atoms with E-state index in [0.29, 0.717) is 0 Å². The highest BCUT2D eigenvalue weighted by Gasteiger charge is 2.13.